The number of rotatable bonds is 13. The molecule has 0 bridgehead atoms. The highest BCUT2D eigenvalue weighted by Gasteiger charge is 2.47. The van der Waals surface area contributed by atoms with Gasteiger partial charge in [-0.25, -0.2) is 4.79 Å². The van der Waals surface area contributed by atoms with Crippen LogP contribution in [0.25, 0.3) is 0 Å². The van der Waals surface area contributed by atoms with Gasteiger partial charge in [0.2, 0.25) is 41.4 Å². The molecule has 0 radical (unpaired) electrons. The first-order valence-corrected chi connectivity index (χ1v) is 28.4. The molecule has 0 aromatic heterocycles. The minimum Gasteiger partial charge on any atom is -0.450 e. The first-order valence-electron chi connectivity index (χ1n) is 28.4. The van der Waals surface area contributed by atoms with Gasteiger partial charge in [0.05, 0.1) is 0 Å². The number of hydrogen-bond donors (Lipinski definition) is 4. The van der Waals surface area contributed by atoms with Crippen molar-refractivity contribution in [1.29, 1.82) is 0 Å². The highest BCUT2D eigenvalue weighted by atomic mass is 16.6. The number of nitrogens with zero attached hydrogens (tertiary/aromatic N) is 5. The fourth-order valence-electron chi connectivity index (χ4n) is 11.0. The van der Waals surface area contributed by atoms with Crippen molar-refractivity contribution in [2.45, 2.75) is 182 Å². The molecule has 12 atom stereocenters. The zero-order valence-electron chi connectivity index (χ0n) is 49.7. The molecule has 79 heavy (non-hydrogen) atoms. The van der Waals surface area contributed by atoms with Crippen molar-refractivity contribution in [1.82, 2.24) is 40.4 Å². The Bertz CT molecular complexity index is 2420. The summed E-state index contributed by atoms with van der Waals surface area (Å²) in [5.41, 5.74) is 0.952. The van der Waals surface area contributed by atoms with Gasteiger partial charge in [-0.15, -0.1) is 0 Å². The Kier molecular flexibility index (Phi) is 24.1. The summed E-state index contributed by atoms with van der Waals surface area (Å²) in [6.07, 6.45) is -1.58. The van der Waals surface area contributed by atoms with Crippen LogP contribution in [0.1, 0.15) is 132 Å². The van der Waals surface area contributed by atoms with Gasteiger partial charge in [0, 0.05) is 47.1 Å². The molecule has 0 spiro atoms. The molecule has 2 saturated heterocycles. The Hall–Kier alpha value is -6.37. The minimum atomic E-state index is -1.64. The number of aliphatic hydroxyl groups is 1. The van der Waals surface area contributed by atoms with E-state index in [2.05, 4.69) is 16.0 Å². The molecule has 2 heterocycles. The van der Waals surface area contributed by atoms with E-state index in [1.165, 1.54) is 47.8 Å². The fraction of sp³-hybridized carbons (Fsp3) is 0.650. The average Bonchev–Trinajstić information content (AvgIpc) is 3.92. The first-order chi connectivity index (χ1) is 37.1. The van der Waals surface area contributed by atoms with Gasteiger partial charge in [0.1, 0.15) is 54.4 Å². The molecule has 2 aromatic carbocycles. The molecule has 4 rings (SSSR count). The van der Waals surface area contributed by atoms with Crippen LogP contribution in [-0.2, 0) is 54.3 Å². The van der Waals surface area contributed by atoms with Crippen LogP contribution in [0, 0.1) is 35.5 Å². The van der Waals surface area contributed by atoms with E-state index in [0.29, 0.717) is 30.4 Å². The van der Waals surface area contributed by atoms with Crippen molar-refractivity contribution in [2.24, 2.45) is 35.5 Å². The molecular weight excluding hydrogens is 1010 g/mol. The highest BCUT2D eigenvalue weighted by molar-refractivity contribution is 5.99. The van der Waals surface area contributed by atoms with E-state index < -0.39 is 143 Å². The number of nitrogens with one attached hydrogen (secondary N) is 3. The normalized spacial score (nSPS) is 26.8. The number of carbonyl (C=O) groups excluding carboxylic acids is 9. The van der Waals surface area contributed by atoms with Crippen molar-refractivity contribution in [3.63, 3.8) is 0 Å². The molecule has 2 aromatic rings. The quantitative estimate of drug-likeness (QED) is 0.200. The topological polar surface area (TPSA) is 235 Å². The summed E-state index contributed by atoms with van der Waals surface area (Å²) in [5.74, 6) is -9.05. The summed E-state index contributed by atoms with van der Waals surface area (Å²) >= 11 is 0. The number of aliphatic hydroxyl groups excluding tert-OH is 1. The summed E-state index contributed by atoms with van der Waals surface area (Å²) in [4.78, 5) is 140. The van der Waals surface area contributed by atoms with Gasteiger partial charge in [-0.3, -0.25) is 38.4 Å². The summed E-state index contributed by atoms with van der Waals surface area (Å²) in [7, 11) is 5.70. The third-order valence-electron chi connectivity index (χ3n) is 15.9. The predicted octanol–water partition coefficient (Wildman–Crippen LogP) is 4.75. The summed E-state index contributed by atoms with van der Waals surface area (Å²) in [6.45, 7) is 21.5. The third-order valence-corrected chi connectivity index (χ3v) is 15.9. The number of amides is 8. The van der Waals surface area contributed by atoms with Crippen LogP contribution in [0.3, 0.4) is 0 Å². The predicted molar refractivity (Wildman–Crippen MR) is 301 cm³/mol. The zero-order valence-corrected chi connectivity index (χ0v) is 49.7. The van der Waals surface area contributed by atoms with Gasteiger partial charge in [0.15, 0.2) is 6.10 Å². The van der Waals surface area contributed by atoms with Gasteiger partial charge in [-0.1, -0.05) is 150 Å². The molecule has 2 unspecified atom stereocenters. The molecule has 0 aliphatic carbocycles. The number of benzene rings is 2. The van der Waals surface area contributed by atoms with E-state index in [1.807, 2.05) is 27.7 Å². The molecule has 2 aliphatic heterocycles. The third kappa shape index (κ3) is 15.9. The Morgan fingerprint density at radius 3 is 1.52 bits per heavy atom. The Balaban J connectivity index is 1.98. The molecule has 8 amide bonds. The van der Waals surface area contributed by atoms with E-state index in [0.717, 1.165) is 4.90 Å². The maximum atomic E-state index is 15.3. The van der Waals surface area contributed by atoms with E-state index in [9.17, 15) is 38.7 Å². The van der Waals surface area contributed by atoms with Crippen LogP contribution in [0.4, 0.5) is 0 Å². The summed E-state index contributed by atoms with van der Waals surface area (Å²) in [5, 5.41) is 21.1. The number of fused-ring (bicyclic) bond motifs is 1. The van der Waals surface area contributed by atoms with Crippen LogP contribution in [0.5, 0.6) is 0 Å². The van der Waals surface area contributed by atoms with Gasteiger partial charge in [-0.05, 0) is 66.4 Å². The van der Waals surface area contributed by atoms with Gasteiger partial charge in [0.25, 0.3) is 5.91 Å². The lowest BCUT2D eigenvalue weighted by Gasteiger charge is -2.38. The van der Waals surface area contributed by atoms with Gasteiger partial charge >= 0.3 is 5.97 Å². The maximum absolute atomic E-state index is 15.3. The lowest BCUT2D eigenvalue weighted by atomic mass is 9.94. The van der Waals surface area contributed by atoms with Crippen molar-refractivity contribution in [2.75, 3.05) is 34.7 Å². The van der Waals surface area contributed by atoms with E-state index in [-0.39, 0.29) is 31.7 Å². The highest BCUT2D eigenvalue weighted by Crippen LogP contribution is 2.29. The SMILES string of the molecule is CC[C@H](C)[C@@H]1NC(=O)[C@@H]2CCCN2C(=O)[C@H](C(O)c2ccccc2)N(C)C(=O)[C@H](Cc2ccccc2)NC(=O)[C@H](C(C)C)N(C)C(=O)[C@@H]([C@@H](C)CC)OC(=O)C(C(C)C)N(C)C(=O)[C@H](CC(C)C)NC(=O)[C@H](C(C)C)N(C)C1=O. The largest absolute Gasteiger partial charge is 0.450 e. The van der Waals surface area contributed by atoms with Gasteiger partial charge in [-0.2, -0.15) is 0 Å². The number of hydrogen-bond acceptors (Lipinski definition) is 11. The number of esters is 1. The summed E-state index contributed by atoms with van der Waals surface area (Å²) in [6, 6.07) is 7.11. The molecule has 2 aliphatic rings. The second kappa shape index (κ2) is 29.2. The van der Waals surface area contributed by atoms with Crippen LogP contribution < -0.4 is 16.0 Å². The Morgan fingerprint density at radius 2 is 1.01 bits per heavy atom. The van der Waals surface area contributed by atoms with Crippen LogP contribution in [-0.4, -0.2) is 172 Å². The smallest absolute Gasteiger partial charge is 0.329 e. The minimum absolute atomic E-state index is 0.0679. The second-order valence-electron chi connectivity index (χ2n) is 23.4. The van der Waals surface area contributed by atoms with Crippen LogP contribution in [0.15, 0.2) is 60.7 Å². The Labute approximate surface area is 469 Å². The molecule has 19 heteroatoms. The zero-order chi connectivity index (χ0) is 59.3. The summed E-state index contributed by atoms with van der Waals surface area (Å²) < 4.78 is 6.17. The standard InChI is InChI=1S/C60H92N8O11/c1-17-38(11)45-57(75)64(13)46(35(5)6)53(71)61-42(32-34(3)4)55(73)66(15)48(37(9)10)60(78)79-51(39(12)18-2)59(77)65(14)47(36(7)8)54(72)62-43(33-40-26-21-19-22-27-40)56(74)67(16)49(50(69)41-28-23-20-24-29-41)58(76)68-31-25-30-44(68)52(70)63-45/h19-24,26-29,34-39,42-51,69H,17-18,25,30-33H2,1-16H3,(H,61,71)(H,62,72)(H,63,70)/t38-,39-,42-,43-,44-,45-,46-,47-,48?,49-,50?,51+/m0/s1. The van der Waals surface area contributed by atoms with E-state index in [1.54, 1.807) is 116 Å². The number of ether oxygens (including phenoxy) is 1. The fourth-order valence-corrected chi connectivity index (χ4v) is 11.0. The number of cyclic esters (lactones) is 1. The van der Waals surface area contributed by atoms with E-state index in [4.69, 9.17) is 4.74 Å². The molecule has 4 N–H and O–H groups in total. The average molecular weight is 1100 g/mol. The van der Waals surface area contributed by atoms with Crippen molar-refractivity contribution in [3.8, 4) is 0 Å². The Morgan fingerprint density at radius 1 is 0.544 bits per heavy atom. The molecular formula is C60H92N8O11. The number of likely N-dealkylation sites (N-methyl/N-ethyl adjacent to an activating group) is 4. The van der Waals surface area contributed by atoms with Crippen molar-refractivity contribution >= 4 is 53.2 Å². The van der Waals surface area contributed by atoms with Crippen LogP contribution >= 0.6 is 0 Å². The van der Waals surface area contributed by atoms with Gasteiger partial charge < -0.3 is 50.3 Å². The van der Waals surface area contributed by atoms with Crippen LogP contribution in [0.2, 0.25) is 0 Å². The lowest BCUT2D eigenvalue weighted by Crippen LogP contribution is -2.62. The lowest BCUT2D eigenvalue weighted by molar-refractivity contribution is -0.172. The molecule has 0 saturated carbocycles. The van der Waals surface area contributed by atoms with Crippen molar-refractivity contribution < 1.29 is 53.0 Å². The molecule has 2 fully saturated rings. The first kappa shape index (κ1) is 65.2. The van der Waals surface area contributed by atoms with E-state index >= 15 is 9.59 Å². The second-order valence-corrected chi connectivity index (χ2v) is 23.4. The van der Waals surface area contributed by atoms with Crippen molar-refractivity contribution in [3.05, 3.63) is 71.8 Å². The monoisotopic (exact) mass is 1100 g/mol. The molecule has 438 valence electrons. The maximum Gasteiger partial charge on any atom is 0.329 e. The molecule has 19 nitrogen and oxygen atoms in total. The number of carbonyl (C=O) groups is 9.